The smallest absolute Gasteiger partial charge is 0.222 e. The van der Waals surface area contributed by atoms with E-state index in [1.807, 2.05) is 6.92 Å². The molecule has 3 heteroatoms. The Morgan fingerprint density at radius 3 is 2.90 bits per heavy atom. The molecule has 1 aliphatic rings. The Morgan fingerprint density at radius 2 is 2.50 bits per heavy atom. The maximum absolute atomic E-state index is 11.0. The topological polar surface area (TPSA) is 40.5 Å². The Kier molecular flexibility index (Phi) is 2.27. The average Bonchev–Trinajstić information content (AvgIpc) is 2.30. The van der Waals surface area contributed by atoms with Crippen LogP contribution in [0.25, 0.3) is 0 Å². The van der Waals surface area contributed by atoms with Gasteiger partial charge in [0.25, 0.3) is 0 Å². The fourth-order valence-electron chi connectivity index (χ4n) is 1.42. The summed E-state index contributed by atoms with van der Waals surface area (Å²) in [4.78, 5) is 12.7. The van der Waals surface area contributed by atoms with Crippen LogP contribution in [-0.2, 0) is 4.79 Å². The molecule has 0 aromatic heterocycles. The summed E-state index contributed by atoms with van der Waals surface area (Å²) in [6.07, 6.45) is 1.43. The molecule has 1 rings (SSSR count). The Hall–Kier alpha value is -0.570. The average molecular weight is 143 g/mol. The van der Waals surface area contributed by atoms with Crippen molar-refractivity contribution in [2.24, 2.45) is 0 Å². The summed E-state index contributed by atoms with van der Waals surface area (Å²) in [5, 5.41) is 8.79. The highest BCUT2D eigenvalue weighted by Gasteiger charge is 2.28. The third-order valence-corrected chi connectivity index (χ3v) is 2.00. The first-order valence-electron chi connectivity index (χ1n) is 3.70. The number of hydrogen-bond donors (Lipinski definition) is 1. The minimum Gasteiger partial charge on any atom is -0.394 e. The molecule has 0 aromatic carbocycles. The quantitative estimate of drug-likeness (QED) is 0.590. The van der Waals surface area contributed by atoms with Gasteiger partial charge in [0.2, 0.25) is 5.91 Å². The fraction of sp³-hybridized carbons (Fsp3) is 0.857. The van der Waals surface area contributed by atoms with Gasteiger partial charge in [-0.1, -0.05) is 0 Å². The Balaban J connectivity index is 2.54. The second-order valence-electron chi connectivity index (χ2n) is 2.55. The van der Waals surface area contributed by atoms with Crippen LogP contribution in [0.4, 0.5) is 0 Å². The maximum Gasteiger partial charge on any atom is 0.222 e. The molecule has 0 saturated carbocycles. The molecule has 1 heterocycles. The molecule has 58 valence electrons. The van der Waals surface area contributed by atoms with E-state index in [0.29, 0.717) is 6.42 Å². The maximum atomic E-state index is 11.0. The van der Waals surface area contributed by atoms with Gasteiger partial charge in [-0.25, -0.2) is 0 Å². The summed E-state index contributed by atoms with van der Waals surface area (Å²) >= 11 is 0. The molecule has 0 spiro atoms. The number of aliphatic hydroxyl groups excluding tert-OH is 1. The van der Waals surface area contributed by atoms with Crippen molar-refractivity contribution in [3.05, 3.63) is 0 Å². The van der Waals surface area contributed by atoms with Crippen molar-refractivity contribution in [2.75, 3.05) is 13.2 Å². The lowest BCUT2D eigenvalue weighted by Gasteiger charge is -2.20. The molecule has 0 bridgehead atoms. The Labute approximate surface area is 60.6 Å². The lowest BCUT2D eigenvalue weighted by molar-refractivity contribution is -0.129. The van der Waals surface area contributed by atoms with E-state index in [4.69, 9.17) is 5.11 Å². The summed E-state index contributed by atoms with van der Waals surface area (Å²) in [5.74, 6) is 0.182. The first-order chi connectivity index (χ1) is 4.79. The predicted molar refractivity (Wildman–Crippen MR) is 37.5 cm³/mol. The molecule has 10 heavy (non-hydrogen) atoms. The van der Waals surface area contributed by atoms with Crippen LogP contribution in [0.2, 0.25) is 0 Å². The van der Waals surface area contributed by atoms with E-state index in [-0.39, 0.29) is 18.6 Å². The number of likely N-dealkylation sites (N-methyl/N-ethyl adjacent to an activating group) is 1. The van der Waals surface area contributed by atoms with Crippen molar-refractivity contribution < 1.29 is 9.90 Å². The second-order valence-corrected chi connectivity index (χ2v) is 2.55. The number of carbonyl (C=O) groups is 1. The third kappa shape index (κ3) is 1.14. The van der Waals surface area contributed by atoms with Gasteiger partial charge in [0.15, 0.2) is 0 Å². The zero-order chi connectivity index (χ0) is 7.56. The van der Waals surface area contributed by atoms with E-state index >= 15 is 0 Å². The van der Waals surface area contributed by atoms with Gasteiger partial charge in [-0.15, -0.1) is 0 Å². The van der Waals surface area contributed by atoms with E-state index in [2.05, 4.69) is 0 Å². The van der Waals surface area contributed by atoms with Crippen molar-refractivity contribution in [1.82, 2.24) is 4.90 Å². The number of nitrogens with zero attached hydrogens (tertiary/aromatic N) is 1. The van der Waals surface area contributed by atoms with Crippen LogP contribution in [-0.4, -0.2) is 35.1 Å². The molecule has 1 atom stereocenters. The lowest BCUT2D eigenvalue weighted by Crippen LogP contribution is -2.34. The van der Waals surface area contributed by atoms with Gasteiger partial charge < -0.3 is 10.0 Å². The Bertz CT molecular complexity index is 136. The summed E-state index contributed by atoms with van der Waals surface area (Å²) in [7, 11) is 0. The molecule has 0 aliphatic carbocycles. The number of aliphatic hydroxyl groups is 1. The monoisotopic (exact) mass is 143 g/mol. The third-order valence-electron chi connectivity index (χ3n) is 2.00. The highest BCUT2D eigenvalue weighted by Crippen LogP contribution is 2.16. The molecule has 0 radical (unpaired) electrons. The molecular weight excluding hydrogens is 130 g/mol. The normalized spacial score (nSPS) is 26.0. The molecule has 0 unspecified atom stereocenters. The molecule has 1 saturated heterocycles. The van der Waals surface area contributed by atoms with Crippen molar-refractivity contribution >= 4 is 5.91 Å². The first-order valence-corrected chi connectivity index (χ1v) is 3.70. The number of likely N-dealkylation sites (tertiary alicyclic amines) is 1. The lowest BCUT2D eigenvalue weighted by atomic mass is 10.2. The van der Waals surface area contributed by atoms with Crippen LogP contribution < -0.4 is 0 Å². The van der Waals surface area contributed by atoms with Crippen LogP contribution in [0.15, 0.2) is 0 Å². The Morgan fingerprint density at radius 1 is 1.80 bits per heavy atom. The van der Waals surface area contributed by atoms with Crippen molar-refractivity contribution in [2.45, 2.75) is 25.8 Å². The van der Waals surface area contributed by atoms with E-state index in [1.54, 1.807) is 4.90 Å². The van der Waals surface area contributed by atoms with Gasteiger partial charge in [-0.05, 0) is 13.3 Å². The fourth-order valence-corrected chi connectivity index (χ4v) is 1.42. The molecule has 3 nitrogen and oxygen atoms in total. The highest BCUT2D eigenvalue weighted by atomic mass is 16.3. The minimum absolute atomic E-state index is 0.0949. The minimum atomic E-state index is 0.0949. The van der Waals surface area contributed by atoms with Crippen LogP contribution in [0.3, 0.4) is 0 Å². The van der Waals surface area contributed by atoms with Crippen molar-refractivity contribution in [1.29, 1.82) is 0 Å². The van der Waals surface area contributed by atoms with Gasteiger partial charge >= 0.3 is 0 Å². The van der Waals surface area contributed by atoms with E-state index in [0.717, 1.165) is 13.0 Å². The number of amides is 1. The summed E-state index contributed by atoms with van der Waals surface area (Å²) in [6.45, 7) is 2.77. The van der Waals surface area contributed by atoms with Crippen molar-refractivity contribution in [3.63, 3.8) is 0 Å². The second kappa shape index (κ2) is 3.01. The zero-order valence-electron chi connectivity index (χ0n) is 6.21. The number of hydrogen-bond acceptors (Lipinski definition) is 2. The largest absolute Gasteiger partial charge is 0.394 e. The van der Waals surface area contributed by atoms with Crippen LogP contribution in [0.1, 0.15) is 19.8 Å². The van der Waals surface area contributed by atoms with Gasteiger partial charge in [-0.3, -0.25) is 4.79 Å². The molecule has 1 aliphatic heterocycles. The number of carbonyl (C=O) groups excluding carboxylic acids is 1. The molecular formula is C7H13NO2. The van der Waals surface area contributed by atoms with Crippen LogP contribution >= 0.6 is 0 Å². The molecule has 1 amide bonds. The first kappa shape index (κ1) is 7.54. The summed E-state index contributed by atoms with van der Waals surface area (Å²) < 4.78 is 0. The molecule has 1 N–H and O–H groups in total. The van der Waals surface area contributed by atoms with Gasteiger partial charge in [0.1, 0.15) is 0 Å². The summed E-state index contributed by atoms with van der Waals surface area (Å²) in [5.41, 5.74) is 0. The summed E-state index contributed by atoms with van der Waals surface area (Å²) in [6, 6.07) is 0.0949. The van der Waals surface area contributed by atoms with Gasteiger partial charge in [-0.2, -0.15) is 0 Å². The SMILES string of the molecule is CCN1C(=O)CC[C@@H]1CO. The standard InChI is InChI=1S/C7H13NO2/c1-2-8-6(5-9)3-4-7(8)10/h6,9H,2-5H2,1H3/t6-/m1/s1. The van der Waals surface area contributed by atoms with E-state index in [9.17, 15) is 4.79 Å². The van der Waals surface area contributed by atoms with Crippen LogP contribution in [0, 0.1) is 0 Å². The number of rotatable bonds is 2. The highest BCUT2D eigenvalue weighted by molar-refractivity contribution is 5.78. The van der Waals surface area contributed by atoms with Gasteiger partial charge in [0, 0.05) is 13.0 Å². The molecule has 0 aromatic rings. The predicted octanol–water partition coefficient (Wildman–Crippen LogP) is -0.0104. The zero-order valence-corrected chi connectivity index (χ0v) is 6.21. The van der Waals surface area contributed by atoms with Crippen LogP contribution in [0.5, 0.6) is 0 Å². The van der Waals surface area contributed by atoms with E-state index < -0.39 is 0 Å². The molecule has 1 fully saturated rings. The van der Waals surface area contributed by atoms with Crippen molar-refractivity contribution in [3.8, 4) is 0 Å². The van der Waals surface area contributed by atoms with Gasteiger partial charge in [0.05, 0.1) is 12.6 Å². The van der Waals surface area contributed by atoms with E-state index in [1.165, 1.54) is 0 Å².